The van der Waals surface area contributed by atoms with Crippen molar-refractivity contribution in [3.05, 3.63) is 81.7 Å². The van der Waals surface area contributed by atoms with Crippen LogP contribution in [-0.4, -0.2) is 51.9 Å². The second kappa shape index (κ2) is 11.5. The summed E-state index contributed by atoms with van der Waals surface area (Å²) in [6.45, 7) is 0. The van der Waals surface area contributed by atoms with Crippen LogP contribution in [0.15, 0.2) is 53.6 Å². The lowest BCUT2D eigenvalue weighted by Gasteiger charge is -2.20. The van der Waals surface area contributed by atoms with Gasteiger partial charge in [0.05, 0.1) is 13.2 Å². The predicted octanol–water partition coefficient (Wildman–Crippen LogP) is 2.17. The number of amides is 1. The first-order valence-electron chi connectivity index (χ1n) is 10.7. The summed E-state index contributed by atoms with van der Waals surface area (Å²) in [4.78, 5) is 58.9. The van der Waals surface area contributed by atoms with Gasteiger partial charge in [-0.15, -0.1) is 0 Å². The van der Waals surface area contributed by atoms with Crippen LogP contribution >= 0.6 is 0 Å². The highest BCUT2D eigenvalue weighted by Crippen LogP contribution is 2.25. The molecule has 3 rings (SSSR count). The van der Waals surface area contributed by atoms with Gasteiger partial charge in [0.15, 0.2) is 11.6 Å². The van der Waals surface area contributed by atoms with Gasteiger partial charge >= 0.3 is 5.97 Å². The molecular weight excluding hydrogens is 454 g/mol. The number of carbonyl (C=O) groups excluding carboxylic acids is 2. The van der Waals surface area contributed by atoms with E-state index in [0.717, 1.165) is 11.8 Å². The Kier molecular flexibility index (Phi) is 8.28. The zero-order chi connectivity index (χ0) is 25.4. The number of benzene rings is 1. The van der Waals surface area contributed by atoms with Crippen LogP contribution in [0.2, 0.25) is 0 Å². The molecular formula is C24H25N5O6. The zero-order valence-corrected chi connectivity index (χ0v) is 19.2. The molecule has 0 radical (unpaired) electrons. The van der Waals surface area contributed by atoms with Crippen molar-refractivity contribution >= 4 is 23.5 Å². The van der Waals surface area contributed by atoms with E-state index in [-0.39, 0.29) is 30.7 Å². The number of Topliss-reactive ketones (excluding diaryl/α,β-unsaturated/α-hetero) is 1. The highest BCUT2D eigenvalue weighted by Gasteiger charge is 2.21. The predicted molar refractivity (Wildman–Crippen MR) is 127 cm³/mol. The van der Waals surface area contributed by atoms with Crippen molar-refractivity contribution in [1.29, 1.82) is 0 Å². The van der Waals surface area contributed by atoms with Gasteiger partial charge in [0.2, 0.25) is 0 Å². The molecule has 0 bridgehead atoms. The van der Waals surface area contributed by atoms with Crippen molar-refractivity contribution in [3.63, 3.8) is 0 Å². The molecule has 0 saturated heterocycles. The van der Waals surface area contributed by atoms with Crippen LogP contribution < -0.4 is 20.9 Å². The van der Waals surface area contributed by atoms with E-state index in [4.69, 9.17) is 9.84 Å². The Balaban J connectivity index is 1.84. The number of hydrogen-bond donors (Lipinski definition) is 4. The molecule has 0 saturated carbocycles. The van der Waals surface area contributed by atoms with Crippen LogP contribution in [0, 0.1) is 0 Å². The quantitative estimate of drug-likeness (QED) is 0.302. The van der Waals surface area contributed by atoms with Gasteiger partial charge < -0.3 is 25.5 Å². The van der Waals surface area contributed by atoms with Crippen LogP contribution in [0.25, 0.3) is 0 Å². The molecule has 1 unspecified atom stereocenters. The van der Waals surface area contributed by atoms with Crippen LogP contribution in [0.3, 0.4) is 0 Å². The molecule has 1 amide bonds. The molecule has 0 aliphatic heterocycles. The average Bonchev–Trinajstić information content (AvgIpc) is 2.87. The van der Waals surface area contributed by atoms with E-state index in [1.54, 1.807) is 56.8 Å². The second-order valence-electron chi connectivity index (χ2n) is 7.55. The number of hydrogen-bond acceptors (Lipinski definition) is 8. The van der Waals surface area contributed by atoms with Gasteiger partial charge in [0.1, 0.15) is 17.1 Å². The highest BCUT2D eigenvalue weighted by molar-refractivity contribution is 5.95. The number of aromatic nitrogens is 3. The molecule has 11 nitrogen and oxygen atoms in total. The monoisotopic (exact) mass is 479 g/mol. The van der Waals surface area contributed by atoms with Crippen molar-refractivity contribution in [3.8, 4) is 5.75 Å². The Morgan fingerprint density at radius 3 is 2.31 bits per heavy atom. The Bertz CT molecular complexity index is 1210. The molecule has 2 aromatic heterocycles. The van der Waals surface area contributed by atoms with E-state index in [9.17, 15) is 19.2 Å². The highest BCUT2D eigenvalue weighted by atomic mass is 16.5. The van der Waals surface area contributed by atoms with E-state index in [0.29, 0.717) is 17.1 Å². The lowest BCUT2D eigenvalue weighted by Crippen LogP contribution is -2.34. The smallest absolute Gasteiger partial charge is 0.303 e. The fourth-order valence-corrected chi connectivity index (χ4v) is 3.31. The summed E-state index contributed by atoms with van der Waals surface area (Å²) in [5.41, 5.74) is 0.353. The molecule has 4 N–H and O–H groups in total. The summed E-state index contributed by atoms with van der Waals surface area (Å²) in [5.74, 6) is -1.15. The lowest BCUT2D eigenvalue weighted by molar-refractivity contribution is -0.137. The molecule has 3 aromatic rings. The molecule has 182 valence electrons. The van der Waals surface area contributed by atoms with Crippen molar-refractivity contribution in [2.45, 2.75) is 25.3 Å². The van der Waals surface area contributed by atoms with Gasteiger partial charge in [-0.05, 0) is 35.7 Å². The maximum absolute atomic E-state index is 13.0. The minimum Gasteiger partial charge on any atom is -0.497 e. The number of carboxylic acids is 1. The average molecular weight is 479 g/mol. The van der Waals surface area contributed by atoms with Gasteiger partial charge in [0, 0.05) is 32.3 Å². The Morgan fingerprint density at radius 1 is 1.03 bits per heavy atom. The Labute approximate surface area is 200 Å². The van der Waals surface area contributed by atoms with E-state index in [1.165, 1.54) is 0 Å². The van der Waals surface area contributed by atoms with Gasteiger partial charge in [-0.1, -0.05) is 18.2 Å². The number of nitrogens with zero attached hydrogens (tertiary/aromatic N) is 2. The standard InChI is InChI=1S/C24H25N5O6/c1-25-19-11-8-15(12-26-19)21(14-6-9-16(35-2)10-7-14)28-23(33)17-13-27-22(29-24(17)34)18(30)4-3-5-20(31)32/h6-13,21H,3-5H2,1-2H3,(H,25,26)(H,28,33)(H,31,32)(H,27,29,34). The number of pyridine rings is 1. The van der Waals surface area contributed by atoms with E-state index in [1.807, 2.05) is 0 Å². The largest absolute Gasteiger partial charge is 0.497 e. The van der Waals surface area contributed by atoms with Gasteiger partial charge in [-0.2, -0.15) is 0 Å². The molecule has 35 heavy (non-hydrogen) atoms. The summed E-state index contributed by atoms with van der Waals surface area (Å²) < 4.78 is 5.20. The number of carboxylic acid groups (broad SMARTS) is 1. The van der Waals surface area contributed by atoms with Crippen LogP contribution in [0.5, 0.6) is 5.75 Å². The molecule has 1 atom stereocenters. The maximum atomic E-state index is 13.0. The third-order valence-electron chi connectivity index (χ3n) is 5.20. The Hall–Kier alpha value is -4.54. The third-order valence-corrected chi connectivity index (χ3v) is 5.20. The number of aliphatic carboxylic acids is 1. The van der Waals surface area contributed by atoms with Crippen molar-refractivity contribution < 1.29 is 24.2 Å². The van der Waals surface area contributed by atoms with Gasteiger partial charge in [0.25, 0.3) is 11.5 Å². The minimum absolute atomic E-state index is 0.0874. The molecule has 11 heteroatoms. The number of ketones is 1. The van der Waals surface area contributed by atoms with E-state index < -0.39 is 29.3 Å². The van der Waals surface area contributed by atoms with Crippen LogP contribution in [0.1, 0.15) is 57.4 Å². The number of nitrogens with one attached hydrogen (secondary N) is 3. The summed E-state index contributed by atoms with van der Waals surface area (Å²) in [5, 5.41) is 14.4. The van der Waals surface area contributed by atoms with E-state index >= 15 is 0 Å². The van der Waals surface area contributed by atoms with Gasteiger partial charge in [-0.3, -0.25) is 19.2 Å². The number of aromatic amines is 1. The number of carbonyl (C=O) groups is 3. The molecule has 0 aliphatic rings. The topological polar surface area (TPSA) is 163 Å². The maximum Gasteiger partial charge on any atom is 0.303 e. The van der Waals surface area contributed by atoms with Crippen LogP contribution in [-0.2, 0) is 4.79 Å². The fraction of sp³-hybridized carbons (Fsp3) is 0.250. The first-order chi connectivity index (χ1) is 16.8. The summed E-state index contributed by atoms with van der Waals surface area (Å²) in [6, 6.07) is 10.0. The first kappa shape index (κ1) is 25.1. The summed E-state index contributed by atoms with van der Waals surface area (Å²) in [7, 11) is 3.29. The number of anilines is 1. The third kappa shape index (κ3) is 6.50. The van der Waals surface area contributed by atoms with Crippen molar-refractivity contribution in [2.24, 2.45) is 0 Å². The molecule has 1 aromatic carbocycles. The molecule has 0 fully saturated rings. The summed E-state index contributed by atoms with van der Waals surface area (Å²) in [6.07, 6.45) is 2.50. The minimum atomic E-state index is -1.02. The van der Waals surface area contributed by atoms with Crippen molar-refractivity contribution in [1.82, 2.24) is 20.3 Å². The lowest BCUT2D eigenvalue weighted by atomic mass is 9.99. The number of H-pyrrole nitrogens is 1. The summed E-state index contributed by atoms with van der Waals surface area (Å²) >= 11 is 0. The second-order valence-corrected chi connectivity index (χ2v) is 7.55. The number of ether oxygens (including phenoxy) is 1. The fourth-order valence-electron chi connectivity index (χ4n) is 3.31. The zero-order valence-electron chi connectivity index (χ0n) is 19.2. The van der Waals surface area contributed by atoms with E-state index in [2.05, 4.69) is 25.6 Å². The number of rotatable bonds is 11. The molecule has 0 spiro atoms. The van der Waals surface area contributed by atoms with Crippen molar-refractivity contribution in [2.75, 3.05) is 19.5 Å². The number of methoxy groups -OCH3 is 1. The van der Waals surface area contributed by atoms with Crippen LogP contribution in [0.4, 0.5) is 5.82 Å². The first-order valence-corrected chi connectivity index (χ1v) is 10.7. The SMILES string of the molecule is CNc1ccc(C(NC(=O)c2cnc(C(=O)CCCC(=O)O)[nH]c2=O)c2ccc(OC)cc2)cn1. The normalized spacial score (nSPS) is 11.4. The molecule has 2 heterocycles. The molecule has 0 aliphatic carbocycles. The Morgan fingerprint density at radius 2 is 1.74 bits per heavy atom. The van der Waals surface area contributed by atoms with Gasteiger partial charge in [-0.25, -0.2) is 9.97 Å².